The number of hydrogen-bond acceptors (Lipinski definition) is 7. The number of aliphatic hydroxyl groups excluding tert-OH is 4. The highest BCUT2D eigenvalue weighted by Gasteiger charge is 2.29. The number of ether oxygens (including phenoxy) is 1. The number of aliphatic hydroxyl groups is 4. The normalized spacial score (nSPS) is 17.2. The van der Waals surface area contributed by atoms with Crippen molar-refractivity contribution in [1.29, 1.82) is 0 Å². The minimum atomic E-state index is -1.53. The molecule has 6 N–H and O–H groups in total. The van der Waals surface area contributed by atoms with Gasteiger partial charge in [-0.25, -0.2) is 0 Å². The fourth-order valence-electron chi connectivity index (χ4n) is 1.89. The predicted molar refractivity (Wildman–Crippen MR) is 90.5 cm³/mol. The highest BCUT2D eigenvalue weighted by atomic mass is 16.5. The summed E-state index contributed by atoms with van der Waals surface area (Å²) in [6.45, 7) is 9.03. The van der Waals surface area contributed by atoms with Gasteiger partial charge in [0.2, 0.25) is 5.91 Å². The van der Waals surface area contributed by atoms with Gasteiger partial charge in [-0.2, -0.15) is 0 Å². The van der Waals surface area contributed by atoms with Crippen molar-refractivity contribution < 1.29 is 30.0 Å². The summed E-state index contributed by atoms with van der Waals surface area (Å²) in [6, 6.07) is 0. The van der Waals surface area contributed by atoms with E-state index in [2.05, 4.69) is 31.4 Å². The molecule has 1 amide bonds. The van der Waals surface area contributed by atoms with E-state index in [1.165, 1.54) is 0 Å². The lowest BCUT2D eigenvalue weighted by Crippen LogP contribution is -2.48. The van der Waals surface area contributed by atoms with Crippen molar-refractivity contribution in [1.82, 2.24) is 10.6 Å². The lowest BCUT2D eigenvalue weighted by molar-refractivity contribution is -0.125. The second kappa shape index (κ2) is 11.7. The van der Waals surface area contributed by atoms with Crippen molar-refractivity contribution in [2.24, 2.45) is 0 Å². The van der Waals surface area contributed by atoms with Gasteiger partial charge in [-0.1, -0.05) is 6.92 Å². The number of rotatable bonds is 12. The average molecular weight is 350 g/mol. The zero-order valence-electron chi connectivity index (χ0n) is 15.2. The molecule has 0 spiro atoms. The van der Waals surface area contributed by atoms with Gasteiger partial charge in [0.1, 0.15) is 12.2 Å². The van der Waals surface area contributed by atoms with E-state index in [0.29, 0.717) is 13.2 Å². The first-order valence-electron chi connectivity index (χ1n) is 8.40. The second-order valence-electron chi connectivity index (χ2n) is 6.87. The molecular weight excluding hydrogens is 316 g/mol. The number of hydrogen-bond donors (Lipinski definition) is 6. The molecule has 0 aliphatic carbocycles. The van der Waals surface area contributed by atoms with E-state index in [4.69, 9.17) is 4.74 Å². The number of carbonyl (C=O) groups excluding carboxylic acids is 1. The molecular formula is C16H34N2O6. The molecule has 0 unspecified atom stereocenters. The van der Waals surface area contributed by atoms with Crippen molar-refractivity contribution in [3.63, 3.8) is 0 Å². The summed E-state index contributed by atoms with van der Waals surface area (Å²) in [5, 5.41) is 44.2. The molecule has 8 nitrogen and oxygen atoms in total. The van der Waals surface area contributed by atoms with Gasteiger partial charge in [-0.15, -0.1) is 0 Å². The fraction of sp³-hybridized carbons (Fsp3) is 0.938. The van der Waals surface area contributed by atoms with Crippen molar-refractivity contribution >= 4 is 5.91 Å². The van der Waals surface area contributed by atoms with Gasteiger partial charge in [0.15, 0.2) is 0 Å². The molecule has 0 rings (SSSR count). The van der Waals surface area contributed by atoms with Crippen LogP contribution in [0.5, 0.6) is 0 Å². The standard InChI is InChI=1S/C16H34N2O6/c1-5-11(19)14(22)15(23)12(20)10-17-13(21)6-8-24-9-7-18-16(2,3)4/h11-12,14-15,18-20,22-23H,5-10H2,1-4H3,(H,17,21)/t11-,12+,14-,15-/m1/s1. The molecule has 0 aliphatic rings. The molecule has 0 heterocycles. The Kier molecular flexibility index (Phi) is 11.4. The molecule has 144 valence electrons. The van der Waals surface area contributed by atoms with E-state index >= 15 is 0 Å². The molecule has 0 aromatic rings. The minimum Gasteiger partial charge on any atom is -0.390 e. The van der Waals surface area contributed by atoms with Crippen LogP contribution in [-0.4, -0.2) is 82.6 Å². The van der Waals surface area contributed by atoms with Gasteiger partial charge in [0.25, 0.3) is 0 Å². The summed E-state index contributed by atoms with van der Waals surface area (Å²) in [6.07, 6.45) is -5.08. The third-order valence-electron chi connectivity index (χ3n) is 3.44. The summed E-state index contributed by atoms with van der Waals surface area (Å²) >= 11 is 0. The highest BCUT2D eigenvalue weighted by Crippen LogP contribution is 2.07. The number of nitrogens with one attached hydrogen (secondary N) is 2. The monoisotopic (exact) mass is 350 g/mol. The molecule has 0 aliphatic heterocycles. The quantitative estimate of drug-likeness (QED) is 0.242. The van der Waals surface area contributed by atoms with Crippen LogP contribution in [0, 0.1) is 0 Å². The lowest BCUT2D eigenvalue weighted by atomic mass is 10.0. The molecule has 0 aromatic heterocycles. The van der Waals surface area contributed by atoms with Crippen LogP contribution in [0.25, 0.3) is 0 Å². The SMILES string of the molecule is CC[C@@H](O)[C@@H](O)[C@H](O)[C@@H](O)CNC(=O)CCOCCNC(C)(C)C. The van der Waals surface area contributed by atoms with Crippen LogP contribution in [0.2, 0.25) is 0 Å². The first-order valence-corrected chi connectivity index (χ1v) is 8.40. The first-order chi connectivity index (χ1) is 11.1. The van der Waals surface area contributed by atoms with E-state index in [1.807, 2.05) is 0 Å². The zero-order chi connectivity index (χ0) is 18.8. The third kappa shape index (κ3) is 10.9. The van der Waals surface area contributed by atoms with Crippen molar-refractivity contribution in [3.05, 3.63) is 0 Å². The molecule has 0 aromatic carbocycles. The lowest BCUT2D eigenvalue weighted by Gasteiger charge is -2.26. The first kappa shape index (κ1) is 23.2. The van der Waals surface area contributed by atoms with Crippen LogP contribution in [0.4, 0.5) is 0 Å². The average Bonchev–Trinajstić information content (AvgIpc) is 2.52. The van der Waals surface area contributed by atoms with Crippen LogP contribution in [0.3, 0.4) is 0 Å². The summed E-state index contributed by atoms with van der Waals surface area (Å²) in [7, 11) is 0. The molecule has 24 heavy (non-hydrogen) atoms. The van der Waals surface area contributed by atoms with E-state index in [0.717, 1.165) is 0 Å². The van der Waals surface area contributed by atoms with Crippen molar-refractivity contribution in [2.45, 2.75) is 70.5 Å². The van der Waals surface area contributed by atoms with E-state index in [1.54, 1.807) is 6.92 Å². The van der Waals surface area contributed by atoms with E-state index in [9.17, 15) is 25.2 Å². The second-order valence-corrected chi connectivity index (χ2v) is 6.87. The maximum atomic E-state index is 11.6. The van der Waals surface area contributed by atoms with Gasteiger partial charge in [0, 0.05) is 25.0 Å². The van der Waals surface area contributed by atoms with Gasteiger partial charge < -0.3 is 35.8 Å². The Bertz CT molecular complexity index is 348. The van der Waals surface area contributed by atoms with Crippen LogP contribution < -0.4 is 10.6 Å². The van der Waals surface area contributed by atoms with Crippen LogP contribution in [0.15, 0.2) is 0 Å². The van der Waals surface area contributed by atoms with Crippen molar-refractivity contribution in [2.75, 3.05) is 26.3 Å². The molecule has 0 radical (unpaired) electrons. The summed E-state index contributed by atoms with van der Waals surface area (Å²) < 4.78 is 5.33. The third-order valence-corrected chi connectivity index (χ3v) is 3.44. The molecule has 8 heteroatoms. The molecule has 0 fully saturated rings. The Hall–Kier alpha value is -0.770. The smallest absolute Gasteiger partial charge is 0.222 e. The Morgan fingerprint density at radius 2 is 1.62 bits per heavy atom. The Balaban J connectivity index is 3.81. The Morgan fingerprint density at radius 3 is 2.17 bits per heavy atom. The van der Waals surface area contributed by atoms with Gasteiger partial charge in [-0.05, 0) is 27.2 Å². The highest BCUT2D eigenvalue weighted by molar-refractivity contribution is 5.75. The van der Waals surface area contributed by atoms with Crippen molar-refractivity contribution in [3.8, 4) is 0 Å². The maximum Gasteiger partial charge on any atom is 0.222 e. The van der Waals surface area contributed by atoms with Crippen LogP contribution >= 0.6 is 0 Å². The number of carbonyl (C=O) groups is 1. The minimum absolute atomic E-state index is 0.0215. The van der Waals surface area contributed by atoms with Crippen LogP contribution in [0.1, 0.15) is 40.5 Å². The van der Waals surface area contributed by atoms with Gasteiger partial charge in [0.05, 0.1) is 25.4 Å². The predicted octanol–water partition coefficient (Wildman–Crippen LogP) is -1.25. The van der Waals surface area contributed by atoms with Gasteiger partial charge in [-0.3, -0.25) is 4.79 Å². The summed E-state index contributed by atoms with van der Waals surface area (Å²) in [4.78, 5) is 11.6. The molecule has 0 bridgehead atoms. The Labute approximate surface area is 144 Å². The fourth-order valence-corrected chi connectivity index (χ4v) is 1.89. The van der Waals surface area contributed by atoms with E-state index in [-0.39, 0.29) is 37.4 Å². The molecule has 0 saturated heterocycles. The van der Waals surface area contributed by atoms with E-state index < -0.39 is 24.4 Å². The Morgan fingerprint density at radius 1 is 1.04 bits per heavy atom. The molecule has 4 atom stereocenters. The summed E-state index contributed by atoms with van der Waals surface area (Å²) in [5.41, 5.74) is 0.0215. The maximum absolute atomic E-state index is 11.6. The van der Waals surface area contributed by atoms with Crippen LogP contribution in [-0.2, 0) is 9.53 Å². The summed E-state index contributed by atoms with van der Waals surface area (Å²) in [5.74, 6) is -0.324. The zero-order valence-corrected chi connectivity index (χ0v) is 15.2. The topological polar surface area (TPSA) is 131 Å². The molecule has 0 saturated carbocycles. The van der Waals surface area contributed by atoms with Gasteiger partial charge >= 0.3 is 0 Å². The number of amides is 1. The largest absolute Gasteiger partial charge is 0.390 e.